The lowest BCUT2D eigenvalue weighted by Crippen LogP contribution is -2.32. The third kappa shape index (κ3) is 2.34. The van der Waals surface area contributed by atoms with Crippen molar-refractivity contribution in [2.24, 2.45) is 0 Å². The van der Waals surface area contributed by atoms with Crippen LogP contribution in [0.3, 0.4) is 0 Å². The average molecular weight is 233 g/mol. The predicted molar refractivity (Wildman–Crippen MR) is 67.1 cm³/mol. The minimum Gasteiger partial charge on any atom is -0.480 e. The summed E-state index contributed by atoms with van der Waals surface area (Å²) in [6.45, 7) is 5.78. The van der Waals surface area contributed by atoms with E-state index in [1.54, 1.807) is 0 Å². The lowest BCUT2D eigenvalue weighted by atomic mass is 9.95. The first-order valence-electron chi connectivity index (χ1n) is 6.14. The maximum Gasteiger partial charge on any atom is 0.325 e. The Balaban J connectivity index is 2.42. The van der Waals surface area contributed by atoms with Gasteiger partial charge in [0.05, 0.1) is 0 Å². The van der Waals surface area contributed by atoms with E-state index in [-0.39, 0.29) is 0 Å². The van der Waals surface area contributed by atoms with Crippen LogP contribution in [0.2, 0.25) is 0 Å². The van der Waals surface area contributed by atoms with Gasteiger partial charge in [-0.1, -0.05) is 18.2 Å². The zero-order valence-corrected chi connectivity index (χ0v) is 10.4. The van der Waals surface area contributed by atoms with Crippen molar-refractivity contribution in [3.8, 4) is 0 Å². The Morgan fingerprint density at radius 2 is 1.76 bits per heavy atom. The zero-order valence-electron chi connectivity index (χ0n) is 10.4. The van der Waals surface area contributed by atoms with Gasteiger partial charge < -0.3 is 5.11 Å². The summed E-state index contributed by atoms with van der Waals surface area (Å²) in [5.41, 5.74) is 3.12. The van der Waals surface area contributed by atoms with Crippen molar-refractivity contribution < 1.29 is 9.90 Å². The zero-order chi connectivity index (χ0) is 12.4. The predicted octanol–water partition coefficient (Wildman–Crippen LogP) is 2.52. The Bertz CT molecular complexity index is 402. The van der Waals surface area contributed by atoms with Crippen molar-refractivity contribution in [3.63, 3.8) is 0 Å². The monoisotopic (exact) mass is 233 g/mol. The van der Waals surface area contributed by atoms with Crippen LogP contribution in [0.1, 0.15) is 35.6 Å². The number of aliphatic carboxylic acids is 1. The largest absolute Gasteiger partial charge is 0.480 e. The first kappa shape index (κ1) is 12.1. The molecular formula is C14H19NO2. The van der Waals surface area contributed by atoms with Crippen molar-refractivity contribution in [3.05, 3.63) is 34.9 Å². The fourth-order valence-electron chi connectivity index (χ4n) is 2.72. The van der Waals surface area contributed by atoms with Gasteiger partial charge in [0, 0.05) is 0 Å². The maximum atomic E-state index is 11.5. The molecule has 2 rings (SSSR count). The molecule has 1 aliphatic rings. The lowest BCUT2D eigenvalue weighted by molar-refractivity contribution is -0.143. The smallest absolute Gasteiger partial charge is 0.325 e. The lowest BCUT2D eigenvalue weighted by Gasteiger charge is -2.26. The molecule has 1 aromatic rings. The molecule has 3 heteroatoms. The summed E-state index contributed by atoms with van der Waals surface area (Å²) in [4.78, 5) is 13.6. The summed E-state index contributed by atoms with van der Waals surface area (Å²) in [6, 6.07) is 5.50. The minimum absolute atomic E-state index is 0.473. The first-order chi connectivity index (χ1) is 8.11. The number of hydrogen-bond acceptors (Lipinski definition) is 2. The molecule has 0 aromatic heterocycles. The third-order valence-electron chi connectivity index (χ3n) is 3.56. The Morgan fingerprint density at radius 3 is 2.24 bits per heavy atom. The van der Waals surface area contributed by atoms with Crippen LogP contribution >= 0.6 is 0 Å². The number of carboxylic acid groups (broad SMARTS) is 1. The highest BCUT2D eigenvalue weighted by atomic mass is 16.4. The molecule has 1 aromatic carbocycles. The van der Waals surface area contributed by atoms with Crippen LogP contribution in [0.4, 0.5) is 0 Å². The second-order valence-electron chi connectivity index (χ2n) is 4.79. The molecule has 0 spiro atoms. The molecule has 1 saturated heterocycles. The van der Waals surface area contributed by atoms with Gasteiger partial charge in [-0.2, -0.15) is 0 Å². The fourth-order valence-corrected chi connectivity index (χ4v) is 2.72. The second kappa shape index (κ2) is 4.88. The van der Waals surface area contributed by atoms with Gasteiger partial charge in [-0.05, 0) is 56.5 Å². The van der Waals surface area contributed by atoms with Gasteiger partial charge in [-0.15, -0.1) is 0 Å². The van der Waals surface area contributed by atoms with Gasteiger partial charge in [-0.25, -0.2) is 0 Å². The van der Waals surface area contributed by atoms with Gasteiger partial charge in [0.1, 0.15) is 6.04 Å². The normalized spacial score (nSPS) is 18.2. The van der Waals surface area contributed by atoms with E-state index in [2.05, 4.69) is 4.90 Å². The summed E-state index contributed by atoms with van der Waals surface area (Å²) in [5, 5.41) is 9.49. The van der Waals surface area contributed by atoms with Gasteiger partial charge >= 0.3 is 5.97 Å². The molecular weight excluding hydrogens is 214 g/mol. The van der Waals surface area contributed by atoms with E-state index < -0.39 is 12.0 Å². The number of rotatable bonds is 3. The quantitative estimate of drug-likeness (QED) is 0.872. The number of aryl methyl sites for hydroxylation is 2. The molecule has 1 fully saturated rings. The number of benzene rings is 1. The summed E-state index contributed by atoms with van der Waals surface area (Å²) < 4.78 is 0. The van der Waals surface area contributed by atoms with Gasteiger partial charge in [-0.3, -0.25) is 9.69 Å². The van der Waals surface area contributed by atoms with Gasteiger partial charge in [0.25, 0.3) is 0 Å². The molecule has 1 heterocycles. The molecule has 17 heavy (non-hydrogen) atoms. The number of carboxylic acids is 1. The molecule has 3 nitrogen and oxygen atoms in total. The van der Waals surface area contributed by atoms with E-state index in [0.717, 1.165) is 42.6 Å². The highest BCUT2D eigenvalue weighted by Gasteiger charge is 2.31. The topological polar surface area (TPSA) is 40.5 Å². The second-order valence-corrected chi connectivity index (χ2v) is 4.79. The number of nitrogens with zero attached hydrogens (tertiary/aromatic N) is 1. The molecule has 1 atom stereocenters. The van der Waals surface area contributed by atoms with Crippen molar-refractivity contribution in [2.75, 3.05) is 13.1 Å². The molecule has 1 N–H and O–H groups in total. The minimum atomic E-state index is -0.732. The van der Waals surface area contributed by atoms with Crippen molar-refractivity contribution >= 4 is 5.97 Å². The fraction of sp³-hybridized carbons (Fsp3) is 0.500. The number of hydrogen-bond donors (Lipinski definition) is 1. The standard InChI is InChI=1S/C14H19NO2/c1-10-6-5-7-11(2)12(10)13(14(16)17)15-8-3-4-9-15/h5-7,13H,3-4,8-9H2,1-2H3,(H,16,17). The molecule has 1 aliphatic heterocycles. The van der Waals surface area contributed by atoms with Crippen LogP contribution in [0.5, 0.6) is 0 Å². The highest BCUT2D eigenvalue weighted by molar-refractivity contribution is 5.76. The Hall–Kier alpha value is -1.35. The summed E-state index contributed by atoms with van der Waals surface area (Å²) in [6.07, 6.45) is 2.21. The van der Waals surface area contributed by atoms with Crippen molar-refractivity contribution in [1.29, 1.82) is 0 Å². The number of carbonyl (C=O) groups is 1. The van der Waals surface area contributed by atoms with E-state index in [9.17, 15) is 9.90 Å². The van der Waals surface area contributed by atoms with E-state index in [1.165, 1.54) is 0 Å². The Morgan fingerprint density at radius 1 is 1.24 bits per heavy atom. The summed E-state index contributed by atoms with van der Waals surface area (Å²) in [7, 11) is 0. The first-order valence-corrected chi connectivity index (χ1v) is 6.14. The molecule has 0 bridgehead atoms. The summed E-state index contributed by atoms with van der Waals surface area (Å²) in [5.74, 6) is -0.732. The molecule has 1 unspecified atom stereocenters. The van der Waals surface area contributed by atoms with E-state index >= 15 is 0 Å². The maximum absolute atomic E-state index is 11.5. The Kier molecular flexibility index (Phi) is 3.48. The third-order valence-corrected chi connectivity index (χ3v) is 3.56. The SMILES string of the molecule is Cc1cccc(C)c1C(C(=O)O)N1CCCC1. The molecule has 0 aliphatic carbocycles. The van der Waals surface area contributed by atoms with Crippen LogP contribution in [-0.2, 0) is 4.79 Å². The van der Waals surface area contributed by atoms with E-state index in [4.69, 9.17) is 0 Å². The molecule has 92 valence electrons. The number of likely N-dealkylation sites (tertiary alicyclic amines) is 1. The van der Waals surface area contributed by atoms with Gasteiger partial charge in [0.2, 0.25) is 0 Å². The molecule has 0 amide bonds. The van der Waals surface area contributed by atoms with Crippen LogP contribution in [0.25, 0.3) is 0 Å². The van der Waals surface area contributed by atoms with Crippen molar-refractivity contribution in [1.82, 2.24) is 4.90 Å². The highest BCUT2D eigenvalue weighted by Crippen LogP contribution is 2.30. The van der Waals surface area contributed by atoms with Crippen LogP contribution < -0.4 is 0 Å². The Labute approximate surface area is 102 Å². The van der Waals surface area contributed by atoms with Crippen molar-refractivity contribution in [2.45, 2.75) is 32.7 Å². The van der Waals surface area contributed by atoms with Crippen LogP contribution in [0, 0.1) is 13.8 Å². The van der Waals surface area contributed by atoms with Crippen LogP contribution in [0.15, 0.2) is 18.2 Å². The van der Waals surface area contributed by atoms with Gasteiger partial charge in [0.15, 0.2) is 0 Å². The van der Waals surface area contributed by atoms with Crippen LogP contribution in [-0.4, -0.2) is 29.1 Å². The average Bonchev–Trinajstić information content (AvgIpc) is 2.76. The molecule has 0 saturated carbocycles. The summed E-state index contributed by atoms with van der Waals surface area (Å²) >= 11 is 0. The molecule has 0 radical (unpaired) electrons. The van der Waals surface area contributed by atoms with E-state index in [1.807, 2.05) is 32.0 Å². The van der Waals surface area contributed by atoms with E-state index in [0.29, 0.717) is 0 Å².